The Labute approximate surface area is 77.1 Å². The lowest BCUT2D eigenvalue weighted by atomic mass is 9.59. The molecule has 1 heterocycles. The van der Waals surface area contributed by atoms with Crippen LogP contribution in [0.2, 0.25) is 0 Å². The molecule has 0 aromatic heterocycles. The third kappa shape index (κ3) is 1.06. The molecule has 2 aliphatic rings. The van der Waals surface area contributed by atoms with Crippen molar-refractivity contribution in [2.24, 2.45) is 17.8 Å². The third-order valence-electron chi connectivity index (χ3n) is 3.55. The normalized spacial score (nSPS) is 54.5. The average Bonchev–Trinajstić information content (AvgIpc) is 2.33. The molecule has 13 heavy (non-hydrogen) atoms. The highest BCUT2D eigenvalue weighted by atomic mass is 16.6. The monoisotopic (exact) mass is 188 g/mol. The first-order valence-electron chi connectivity index (χ1n) is 4.72. The van der Waals surface area contributed by atoms with E-state index in [1.54, 1.807) is 0 Å². The maximum atomic E-state index is 9.49. The van der Waals surface area contributed by atoms with Gasteiger partial charge < -0.3 is 20.1 Å². The van der Waals surface area contributed by atoms with Gasteiger partial charge >= 0.3 is 0 Å². The molecule has 4 nitrogen and oxygen atoms in total. The number of aliphatic hydroxyl groups excluding tert-OH is 3. The summed E-state index contributed by atoms with van der Waals surface area (Å²) in [5.41, 5.74) is -0.563. The van der Waals surface area contributed by atoms with Crippen molar-refractivity contribution in [1.82, 2.24) is 0 Å². The van der Waals surface area contributed by atoms with Gasteiger partial charge in [0.05, 0.1) is 18.8 Å². The summed E-state index contributed by atoms with van der Waals surface area (Å²) in [6, 6.07) is 0. The summed E-state index contributed by atoms with van der Waals surface area (Å²) >= 11 is 0. The summed E-state index contributed by atoms with van der Waals surface area (Å²) in [4.78, 5) is 0. The first-order chi connectivity index (χ1) is 6.14. The Hall–Kier alpha value is -0.160. The van der Waals surface area contributed by atoms with Crippen LogP contribution in [0.5, 0.6) is 0 Å². The molecule has 2 fully saturated rings. The minimum Gasteiger partial charge on any atom is -0.396 e. The van der Waals surface area contributed by atoms with Gasteiger partial charge in [0.2, 0.25) is 0 Å². The van der Waals surface area contributed by atoms with E-state index < -0.39 is 11.9 Å². The molecule has 1 aliphatic carbocycles. The van der Waals surface area contributed by atoms with E-state index in [2.05, 4.69) is 6.92 Å². The van der Waals surface area contributed by atoms with E-state index in [1.807, 2.05) is 0 Å². The molecule has 0 bridgehead atoms. The first-order valence-corrected chi connectivity index (χ1v) is 4.72. The van der Waals surface area contributed by atoms with E-state index in [0.29, 0.717) is 5.92 Å². The molecule has 2 rings (SSSR count). The predicted molar refractivity (Wildman–Crippen MR) is 44.8 cm³/mol. The molecule has 76 valence electrons. The molecule has 3 N–H and O–H groups in total. The van der Waals surface area contributed by atoms with Crippen LogP contribution in [-0.4, -0.2) is 40.4 Å². The molecule has 5 atom stereocenters. The molecule has 4 heteroatoms. The van der Waals surface area contributed by atoms with Gasteiger partial charge in [-0.25, -0.2) is 0 Å². The van der Waals surface area contributed by atoms with Crippen molar-refractivity contribution in [1.29, 1.82) is 0 Å². The van der Waals surface area contributed by atoms with Crippen molar-refractivity contribution in [2.75, 3.05) is 13.2 Å². The lowest BCUT2D eigenvalue weighted by Gasteiger charge is -2.48. The fourth-order valence-electron chi connectivity index (χ4n) is 3.02. The average molecular weight is 188 g/mol. The Bertz CT molecular complexity index is 208. The van der Waals surface area contributed by atoms with Crippen LogP contribution in [0.15, 0.2) is 0 Å². The Morgan fingerprint density at radius 1 is 1.46 bits per heavy atom. The highest BCUT2D eigenvalue weighted by Gasteiger charge is 2.63. The van der Waals surface area contributed by atoms with Crippen molar-refractivity contribution in [3.63, 3.8) is 0 Å². The maximum absolute atomic E-state index is 9.49. The van der Waals surface area contributed by atoms with Crippen molar-refractivity contribution in [2.45, 2.75) is 25.2 Å². The number of aliphatic hydroxyl groups is 3. The molecule has 0 aromatic carbocycles. The van der Waals surface area contributed by atoms with E-state index in [9.17, 15) is 10.2 Å². The Morgan fingerprint density at radius 3 is 2.62 bits per heavy atom. The van der Waals surface area contributed by atoms with Crippen molar-refractivity contribution < 1.29 is 20.1 Å². The zero-order valence-electron chi connectivity index (χ0n) is 7.68. The van der Waals surface area contributed by atoms with E-state index in [4.69, 9.17) is 9.84 Å². The van der Waals surface area contributed by atoms with Gasteiger partial charge in [0.25, 0.3) is 0 Å². The molecule has 1 saturated heterocycles. The second-order valence-electron chi connectivity index (χ2n) is 4.28. The van der Waals surface area contributed by atoms with E-state index in [-0.39, 0.29) is 25.0 Å². The second-order valence-corrected chi connectivity index (χ2v) is 4.28. The van der Waals surface area contributed by atoms with Crippen LogP contribution < -0.4 is 0 Å². The highest BCUT2D eigenvalue weighted by Crippen LogP contribution is 2.56. The smallest absolute Gasteiger partial charge is 0.160 e. The van der Waals surface area contributed by atoms with E-state index in [0.717, 1.165) is 6.42 Å². The lowest BCUT2D eigenvalue weighted by Crippen LogP contribution is -2.55. The minimum atomic E-state index is -0.910. The van der Waals surface area contributed by atoms with Gasteiger partial charge in [0, 0.05) is 11.8 Å². The van der Waals surface area contributed by atoms with Crippen molar-refractivity contribution in [3.05, 3.63) is 0 Å². The Morgan fingerprint density at radius 2 is 2.15 bits per heavy atom. The molecule has 1 saturated carbocycles. The van der Waals surface area contributed by atoms with E-state index >= 15 is 0 Å². The van der Waals surface area contributed by atoms with Crippen LogP contribution >= 0.6 is 0 Å². The molecule has 1 aliphatic heterocycles. The van der Waals surface area contributed by atoms with Crippen LogP contribution in [0.3, 0.4) is 0 Å². The summed E-state index contributed by atoms with van der Waals surface area (Å²) in [7, 11) is 0. The Kier molecular flexibility index (Phi) is 2.11. The molecule has 0 amide bonds. The summed E-state index contributed by atoms with van der Waals surface area (Å²) in [5.74, 6) is 0.301. The lowest BCUT2D eigenvalue weighted by molar-refractivity contribution is -0.199. The SMILES string of the molecule is CC1C[C@]2(CO)O[C@@H](O)C(CO)[C@@H]12. The Balaban J connectivity index is 2.18. The number of fused-ring (bicyclic) bond motifs is 1. The quantitative estimate of drug-likeness (QED) is 0.537. The van der Waals surface area contributed by atoms with Crippen LogP contribution in [-0.2, 0) is 4.74 Å². The standard InChI is InChI=1S/C9H16O4/c1-5-2-9(4-11)7(5)6(3-10)8(12)13-9/h5-8,10-12H,2-4H2,1H3/t5?,6?,7-,8-,9-/m1/s1. The number of hydrogen-bond acceptors (Lipinski definition) is 4. The van der Waals surface area contributed by atoms with Gasteiger partial charge in [-0.3, -0.25) is 0 Å². The van der Waals surface area contributed by atoms with E-state index in [1.165, 1.54) is 0 Å². The summed E-state index contributed by atoms with van der Waals surface area (Å²) in [6.45, 7) is 1.93. The largest absolute Gasteiger partial charge is 0.396 e. The summed E-state index contributed by atoms with van der Waals surface area (Å²) < 4.78 is 5.32. The zero-order valence-corrected chi connectivity index (χ0v) is 7.68. The predicted octanol–water partition coefficient (Wildman–Crippen LogP) is -0.669. The molecule has 0 aromatic rings. The molecular formula is C9H16O4. The summed E-state index contributed by atoms with van der Waals surface area (Å²) in [6.07, 6.45) is -0.131. The fraction of sp³-hybridized carbons (Fsp3) is 1.00. The number of rotatable bonds is 2. The van der Waals surface area contributed by atoms with Crippen LogP contribution in [0.25, 0.3) is 0 Å². The van der Waals surface area contributed by atoms with Gasteiger partial charge in [0.1, 0.15) is 0 Å². The van der Waals surface area contributed by atoms with Gasteiger partial charge in [-0.2, -0.15) is 0 Å². The number of hydrogen-bond donors (Lipinski definition) is 3. The van der Waals surface area contributed by atoms with Crippen LogP contribution in [0, 0.1) is 17.8 Å². The zero-order chi connectivity index (χ0) is 9.64. The topological polar surface area (TPSA) is 69.9 Å². The van der Waals surface area contributed by atoms with Crippen LogP contribution in [0.1, 0.15) is 13.3 Å². The highest BCUT2D eigenvalue weighted by molar-refractivity contribution is 5.09. The molecule has 0 radical (unpaired) electrons. The van der Waals surface area contributed by atoms with Crippen molar-refractivity contribution in [3.8, 4) is 0 Å². The summed E-state index contributed by atoms with van der Waals surface area (Å²) in [5, 5.41) is 27.7. The van der Waals surface area contributed by atoms with Crippen molar-refractivity contribution >= 4 is 0 Å². The molecular weight excluding hydrogens is 172 g/mol. The van der Waals surface area contributed by atoms with Gasteiger partial charge in [-0.05, 0) is 12.3 Å². The number of ether oxygens (including phenoxy) is 1. The van der Waals surface area contributed by atoms with Gasteiger partial charge in [0.15, 0.2) is 6.29 Å². The maximum Gasteiger partial charge on any atom is 0.160 e. The second kappa shape index (κ2) is 2.92. The van der Waals surface area contributed by atoms with Crippen LogP contribution in [0.4, 0.5) is 0 Å². The van der Waals surface area contributed by atoms with Gasteiger partial charge in [-0.15, -0.1) is 0 Å². The first kappa shape index (κ1) is 9.40. The molecule has 0 spiro atoms. The van der Waals surface area contributed by atoms with Gasteiger partial charge in [-0.1, -0.05) is 6.92 Å². The molecule has 2 unspecified atom stereocenters. The third-order valence-corrected chi connectivity index (χ3v) is 3.55. The fourth-order valence-corrected chi connectivity index (χ4v) is 3.02. The minimum absolute atomic E-state index is 0.0600.